The largest absolute Gasteiger partial charge is 0.309 e. The van der Waals surface area contributed by atoms with Gasteiger partial charge in [0.25, 0.3) is 0 Å². The SMILES string of the molecule is c1cnc(-c2cccc(-n3c4ccccc4c4c(-c5nsc(-c6cc7cccnc7c7ncccc67)n5)cccc43)c2)nc1. The maximum atomic E-state index is 5.13. The van der Waals surface area contributed by atoms with Crippen molar-refractivity contribution in [3.63, 3.8) is 0 Å². The first kappa shape index (κ1) is 24.7. The Balaban J connectivity index is 1.24. The number of aromatic nitrogens is 7. The van der Waals surface area contributed by atoms with Crippen molar-refractivity contribution in [2.45, 2.75) is 0 Å². The fourth-order valence-corrected chi connectivity index (χ4v) is 6.82. The van der Waals surface area contributed by atoms with Crippen LogP contribution in [0.4, 0.5) is 0 Å². The molecule has 0 saturated carbocycles. The number of fused-ring (bicyclic) bond motifs is 6. The lowest BCUT2D eigenvalue weighted by Gasteiger charge is -2.10. The van der Waals surface area contributed by atoms with Crippen LogP contribution in [0.5, 0.6) is 0 Å². The molecule has 9 aromatic rings. The Hall–Kier alpha value is -5.86. The van der Waals surface area contributed by atoms with E-state index in [1.807, 2.05) is 36.7 Å². The van der Waals surface area contributed by atoms with Gasteiger partial charge in [0.2, 0.25) is 0 Å². The van der Waals surface area contributed by atoms with E-state index in [2.05, 4.69) is 103 Å². The highest BCUT2D eigenvalue weighted by Gasteiger charge is 2.20. The number of nitrogens with zero attached hydrogens (tertiary/aromatic N) is 7. The minimum Gasteiger partial charge on any atom is -0.309 e. The van der Waals surface area contributed by atoms with Crippen molar-refractivity contribution in [1.29, 1.82) is 0 Å². The lowest BCUT2D eigenvalue weighted by atomic mass is 10.0. The fourth-order valence-electron chi connectivity index (χ4n) is 6.11. The molecule has 0 fully saturated rings. The van der Waals surface area contributed by atoms with E-state index in [4.69, 9.17) is 9.36 Å². The third-order valence-electron chi connectivity index (χ3n) is 7.98. The summed E-state index contributed by atoms with van der Waals surface area (Å²) >= 11 is 1.41. The van der Waals surface area contributed by atoms with Gasteiger partial charge in [-0.05, 0) is 60.1 Å². The number of para-hydroxylation sites is 1. The van der Waals surface area contributed by atoms with Gasteiger partial charge in [-0.3, -0.25) is 9.97 Å². The molecule has 4 aromatic carbocycles. The molecule has 0 spiro atoms. The lowest BCUT2D eigenvalue weighted by Crippen LogP contribution is -1.95. The molecule has 0 radical (unpaired) electrons. The second-order valence-electron chi connectivity index (χ2n) is 10.5. The highest BCUT2D eigenvalue weighted by molar-refractivity contribution is 7.09. The predicted molar refractivity (Wildman–Crippen MR) is 177 cm³/mol. The molecule has 44 heavy (non-hydrogen) atoms. The van der Waals surface area contributed by atoms with Gasteiger partial charge in [-0.1, -0.05) is 54.6 Å². The number of pyridine rings is 2. The Labute approximate surface area is 255 Å². The average Bonchev–Trinajstić information content (AvgIpc) is 3.72. The number of rotatable bonds is 4. The number of benzene rings is 4. The summed E-state index contributed by atoms with van der Waals surface area (Å²) in [4.78, 5) is 23.4. The summed E-state index contributed by atoms with van der Waals surface area (Å²) in [7, 11) is 0. The molecule has 7 nitrogen and oxygen atoms in total. The third kappa shape index (κ3) is 3.82. The van der Waals surface area contributed by atoms with E-state index in [9.17, 15) is 0 Å². The van der Waals surface area contributed by atoms with E-state index >= 15 is 0 Å². The fraction of sp³-hybridized carbons (Fsp3) is 0. The molecule has 5 heterocycles. The standard InChI is InChI=1S/C36H21N7S/c1-2-14-29-26(11-1)31-27(12-4-15-30(31)43(29)24-10-3-8-23(20-24)34-39-18-7-19-40-34)35-41-36(44-42-35)28-21-22-9-5-16-37-32(22)33-25(28)13-6-17-38-33/h1-21H. The van der Waals surface area contributed by atoms with Gasteiger partial charge >= 0.3 is 0 Å². The monoisotopic (exact) mass is 583 g/mol. The van der Waals surface area contributed by atoms with Crippen molar-refractivity contribution in [3.8, 4) is 39.0 Å². The molecule has 0 atom stereocenters. The number of hydrogen-bond donors (Lipinski definition) is 0. The maximum Gasteiger partial charge on any atom is 0.174 e. The molecule has 0 bridgehead atoms. The summed E-state index contributed by atoms with van der Waals surface area (Å²) < 4.78 is 7.21. The molecule has 9 rings (SSSR count). The second kappa shape index (κ2) is 9.86. The summed E-state index contributed by atoms with van der Waals surface area (Å²) in [5, 5.41) is 5.14. The van der Waals surface area contributed by atoms with Gasteiger partial charge in [-0.2, -0.15) is 4.37 Å². The zero-order valence-electron chi connectivity index (χ0n) is 23.2. The molecule has 0 aliphatic carbocycles. The summed E-state index contributed by atoms with van der Waals surface area (Å²) in [6.45, 7) is 0. The Bertz CT molecular complexity index is 2520. The van der Waals surface area contributed by atoms with Crippen LogP contribution in [0.3, 0.4) is 0 Å². The van der Waals surface area contributed by atoms with Crippen LogP contribution in [-0.2, 0) is 0 Å². The third-order valence-corrected chi connectivity index (χ3v) is 8.73. The van der Waals surface area contributed by atoms with E-state index in [1.165, 1.54) is 11.5 Å². The van der Waals surface area contributed by atoms with Crippen LogP contribution in [0.2, 0.25) is 0 Å². The van der Waals surface area contributed by atoms with Crippen molar-refractivity contribution in [1.82, 2.24) is 33.9 Å². The lowest BCUT2D eigenvalue weighted by molar-refractivity contribution is 1.15. The molecular weight excluding hydrogens is 563 g/mol. The minimum absolute atomic E-state index is 0.696. The molecule has 8 heteroatoms. The van der Waals surface area contributed by atoms with Crippen LogP contribution in [0, 0.1) is 0 Å². The van der Waals surface area contributed by atoms with Crippen LogP contribution >= 0.6 is 11.5 Å². The van der Waals surface area contributed by atoms with Crippen LogP contribution in [0.15, 0.2) is 128 Å². The van der Waals surface area contributed by atoms with E-state index in [-0.39, 0.29) is 0 Å². The van der Waals surface area contributed by atoms with Crippen molar-refractivity contribution >= 4 is 55.1 Å². The predicted octanol–water partition coefficient (Wildman–Crippen LogP) is 8.52. The minimum atomic E-state index is 0.696. The van der Waals surface area contributed by atoms with Crippen LogP contribution in [-0.4, -0.2) is 33.9 Å². The summed E-state index contributed by atoms with van der Waals surface area (Å²) in [5.74, 6) is 1.40. The number of hydrogen-bond acceptors (Lipinski definition) is 7. The molecule has 0 unspecified atom stereocenters. The van der Waals surface area contributed by atoms with E-state index in [0.717, 1.165) is 71.0 Å². The highest BCUT2D eigenvalue weighted by Crippen LogP contribution is 2.40. The summed E-state index contributed by atoms with van der Waals surface area (Å²) in [6.07, 6.45) is 7.16. The molecule has 0 saturated heterocycles. The normalized spacial score (nSPS) is 11.6. The van der Waals surface area contributed by atoms with E-state index < -0.39 is 0 Å². The smallest absolute Gasteiger partial charge is 0.174 e. The molecule has 206 valence electrons. The van der Waals surface area contributed by atoms with Gasteiger partial charge in [-0.25, -0.2) is 15.0 Å². The average molecular weight is 584 g/mol. The summed E-state index contributed by atoms with van der Waals surface area (Å²) in [5.41, 5.74) is 7.94. The first-order valence-corrected chi connectivity index (χ1v) is 15.0. The summed E-state index contributed by atoms with van der Waals surface area (Å²) in [6, 6.07) is 35.2. The Morgan fingerprint density at radius 2 is 1.32 bits per heavy atom. The zero-order chi connectivity index (χ0) is 29.0. The van der Waals surface area contributed by atoms with Gasteiger partial charge in [0.15, 0.2) is 11.6 Å². The van der Waals surface area contributed by atoms with Crippen molar-refractivity contribution in [2.75, 3.05) is 0 Å². The van der Waals surface area contributed by atoms with E-state index in [1.54, 1.807) is 12.4 Å². The van der Waals surface area contributed by atoms with Crippen molar-refractivity contribution < 1.29 is 0 Å². The van der Waals surface area contributed by atoms with E-state index in [0.29, 0.717) is 11.6 Å². The van der Waals surface area contributed by atoms with Crippen LogP contribution in [0.1, 0.15) is 0 Å². The Kier molecular flexibility index (Phi) is 5.54. The topological polar surface area (TPSA) is 82.3 Å². The molecule has 0 N–H and O–H groups in total. The first-order chi connectivity index (χ1) is 21.8. The Morgan fingerprint density at radius 1 is 0.545 bits per heavy atom. The van der Waals surface area contributed by atoms with Gasteiger partial charge in [0.1, 0.15) is 5.01 Å². The van der Waals surface area contributed by atoms with Gasteiger partial charge < -0.3 is 4.57 Å². The van der Waals surface area contributed by atoms with Crippen LogP contribution in [0.25, 0.3) is 82.6 Å². The molecule has 5 aromatic heterocycles. The zero-order valence-corrected chi connectivity index (χ0v) is 24.0. The molecule has 0 aliphatic heterocycles. The second-order valence-corrected chi connectivity index (χ2v) is 11.2. The van der Waals surface area contributed by atoms with Crippen molar-refractivity contribution in [3.05, 3.63) is 128 Å². The van der Waals surface area contributed by atoms with Gasteiger partial charge in [0, 0.05) is 68.7 Å². The first-order valence-electron chi connectivity index (χ1n) is 14.2. The molecule has 0 amide bonds. The highest BCUT2D eigenvalue weighted by atomic mass is 32.1. The quantitative estimate of drug-likeness (QED) is 0.193. The van der Waals surface area contributed by atoms with Gasteiger partial charge in [-0.15, -0.1) is 0 Å². The molecular formula is C36H21N7S. The Morgan fingerprint density at radius 3 is 2.25 bits per heavy atom. The maximum absolute atomic E-state index is 5.13. The van der Waals surface area contributed by atoms with Crippen LogP contribution < -0.4 is 0 Å². The molecule has 0 aliphatic rings. The van der Waals surface area contributed by atoms with Crippen molar-refractivity contribution in [2.24, 2.45) is 0 Å². The van der Waals surface area contributed by atoms with Gasteiger partial charge in [0.05, 0.1) is 22.1 Å².